The highest BCUT2D eigenvalue weighted by atomic mass is 127. The van der Waals surface area contributed by atoms with Crippen LogP contribution in [0.15, 0.2) is 47.7 Å². The number of methoxy groups -OCH3 is 1. The van der Waals surface area contributed by atoms with Crippen LogP contribution in [0.1, 0.15) is 32.2 Å². The minimum Gasteiger partial charge on any atom is -0.379 e. The Morgan fingerprint density at radius 1 is 1.21 bits per heavy atom. The van der Waals surface area contributed by atoms with Gasteiger partial charge in [0.2, 0.25) is 0 Å². The van der Waals surface area contributed by atoms with E-state index >= 15 is 0 Å². The summed E-state index contributed by atoms with van der Waals surface area (Å²) in [5.74, 6) is 1.84. The van der Waals surface area contributed by atoms with Gasteiger partial charge in [-0.15, -0.1) is 24.0 Å². The zero-order valence-corrected chi connectivity index (χ0v) is 19.9. The zero-order valence-electron chi connectivity index (χ0n) is 17.6. The van der Waals surface area contributed by atoms with Crippen molar-refractivity contribution >= 4 is 29.9 Å². The van der Waals surface area contributed by atoms with Crippen LogP contribution >= 0.6 is 24.0 Å². The van der Waals surface area contributed by atoms with Gasteiger partial charge < -0.3 is 19.9 Å². The van der Waals surface area contributed by atoms with Gasteiger partial charge in [-0.1, -0.05) is 51.1 Å². The van der Waals surface area contributed by atoms with Crippen molar-refractivity contribution in [1.82, 2.24) is 20.2 Å². The first-order chi connectivity index (χ1) is 12.9. The number of aromatic nitrogens is 2. The average Bonchev–Trinajstić information content (AvgIpc) is 3.07. The second-order valence-electron chi connectivity index (χ2n) is 7.68. The van der Waals surface area contributed by atoms with E-state index < -0.39 is 0 Å². The number of halogens is 1. The van der Waals surface area contributed by atoms with E-state index in [1.54, 1.807) is 14.2 Å². The molecule has 0 radical (unpaired) electrons. The van der Waals surface area contributed by atoms with E-state index in [9.17, 15) is 0 Å². The fraction of sp³-hybridized carbons (Fsp3) is 0.524. The number of guanidine groups is 1. The Morgan fingerprint density at radius 3 is 2.54 bits per heavy atom. The summed E-state index contributed by atoms with van der Waals surface area (Å²) in [6.07, 6.45) is 4.83. The summed E-state index contributed by atoms with van der Waals surface area (Å²) in [6, 6.07) is 10.4. The van der Waals surface area contributed by atoms with E-state index in [0.29, 0.717) is 6.54 Å². The number of hydrogen-bond acceptors (Lipinski definition) is 3. The van der Waals surface area contributed by atoms with Gasteiger partial charge in [-0.2, -0.15) is 0 Å². The van der Waals surface area contributed by atoms with E-state index in [1.165, 1.54) is 5.56 Å². The normalized spacial score (nSPS) is 13.0. The third-order valence-electron chi connectivity index (χ3n) is 4.57. The summed E-state index contributed by atoms with van der Waals surface area (Å²) in [5.41, 5.74) is 1.35. The standard InChI is InChI=1S/C21H33N5O.HI/c1-21(2,3)18(27-5)15-25-20(22-4)24-12-11-19-23-13-14-26(19)16-17-9-7-6-8-10-17;/h6-10,13-14,18H,11-12,15-16H2,1-5H3,(H2,22,24,25);1H. The molecule has 1 heterocycles. The van der Waals surface area contributed by atoms with Crippen molar-refractivity contribution in [2.24, 2.45) is 10.4 Å². The smallest absolute Gasteiger partial charge is 0.191 e. The molecular weight excluding hydrogens is 465 g/mol. The van der Waals surface area contributed by atoms with Crippen molar-refractivity contribution in [3.63, 3.8) is 0 Å². The van der Waals surface area contributed by atoms with Gasteiger partial charge in [-0.05, 0) is 11.0 Å². The Morgan fingerprint density at radius 2 is 1.93 bits per heavy atom. The topological polar surface area (TPSA) is 63.5 Å². The van der Waals surface area contributed by atoms with Gasteiger partial charge in [0.25, 0.3) is 0 Å². The van der Waals surface area contributed by atoms with Gasteiger partial charge in [0.1, 0.15) is 5.82 Å². The maximum Gasteiger partial charge on any atom is 0.191 e. The summed E-state index contributed by atoms with van der Waals surface area (Å²) >= 11 is 0. The predicted octanol–water partition coefficient (Wildman–Crippen LogP) is 3.32. The number of rotatable bonds is 8. The molecule has 1 aromatic carbocycles. The number of nitrogens with zero attached hydrogens (tertiary/aromatic N) is 3. The van der Waals surface area contributed by atoms with E-state index in [-0.39, 0.29) is 35.5 Å². The van der Waals surface area contributed by atoms with E-state index in [4.69, 9.17) is 4.74 Å². The van der Waals surface area contributed by atoms with Crippen LogP contribution in [-0.2, 0) is 17.7 Å². The Balaban J connectivity index is 0.00000392. The summed E-state index contributed by atoms with van der Waals surface area (Å²) in [7, 11) is 3.53. The lowest BCUT2D eigenvalue weighted by Crippen LogP contribution is -2.45. The highest BCUT2D eigenvalue weighted by Crippen LogP contribution is 2.20. The van der Waals surface area contributed by atoms with Gasteiger partial charge in [0, 0.05) is 52.6 Å². The number of nitrogens with one attached hydrogen (secondary N) is 2. The molecule has 0 saturated carbocycles. The van der Waals surface area contributed by atoms with E-state index in [2.05, 4.69) is 70.2 Å². The Hall–Kier alpha value is -1.61. The van der Waals surface area contributed by atoms with E-state index in [0.717, 1.165) is 31.3 Å². The zero-order chi connectivity index (χ0) is 19.7. The summed E-state index contributed by atoms with van der Waals surface area (Å²) < 4.78 is 7.77. The maximum absolute atomic E-state index is 5.59. The molecule has 2 rings (SSSR count). The molecule has 1 atom stereocenters. The lowest BCUT2D eigenvalue weighted by Gasteiger charge is -2.30. The van der Waals surface area contributed by atoms with Gasteiger partial charge in [0.05, 0.1) is 6.10 Å². The maximum atomic E-state index is 5.59. The molecule has 0 bridgehead atoms. The minimum atomic E-state index is 0. The van der Waals surface area contributed by atoms with Crippen LogP contribution in [0, 0.1) is 5.41 Å². The SMILES string of the molecule is CN=C(NCCc1nccn1Cc1ccccc1)NCC(OC)C(C)(C)C.I. The molecule has 1 unspecified atom stereocenters. The van der Waals surface area contributed by atoms with Crippen LogP contribution in [0.25, 0.3) is 0 Å². The van der Waals surface area contributed by atoms with Crippen molar-refractivity contribution in [2.75, 3.05) is 27.2 Å². The van der Waals surface area contributed by atoms with Crippen LogP contribution in [0.5, 0.6) is 0 Å². The molecule has 2 N–H and O–H groups in total. The number of aliphatic imine (C=N–C) groups is 1. The first-order valence-electron chi connectivity index (χ1n) is 9.45. The molecule has 2 aromatic rings. The number of benzene rings is 1. The monoisotopic (exact) mass is 499 g/mol. The van der Waals surface area contributed by atoms with Crippen molar-refractivity contribution in [2.45, 2.75) is 39.8 Å². The lowest BCUT2D eigenvalue weighted by atomic mass is 9.89. The minimum absolute atomic E-state index is 0. The molecule has 1 aromatic heterocycles. The van der Waals surface area contributed by atoms with Gasteiger partial charge in [-0.25, -0.2) is 4.98 Å². The second-order valence-corrected chi connectivity index (χ2v) is 7.68. The molecule has 156 valence electrons. The summed E-state index contributed by atoms with van der Waals surface area (Å²) in [6.45, 7) is 8.83. The average molecular weight is 499 g/mol. The summed E-state index contributed by atoms with van der Waals surface area (Å²) in [5, 5.41) is 6.71. The quantitative estimate of drug-likeness (QED) is 0.333. The van der Waals surface area contributed by atoms with Gasteiger partial charge in [-0.3, -0.25) is 4.99 Å². The van der Waals surface area contributed by atoms with Crippen LogP contribution < -0.4 is 10.6 Å². The molecular formula is C21H34IN5O. The fourth-order valence-corrected chi connectivity index (χ4v) is 2.94. The van der Waals surface area contributed by atoms with Crippen molar-refractivity contribution < 1.29 is 4.74 Å². The number of ether oxygens (including phenoxy) is 1. The van der Waals surface area contributed by atoms with Crippen LogP contribution in [-0.4, -0.2) is 48.9 Å². The first kappa shape index (κ1) is 24.4. The molecule has 0 fully saturated rings. The molecule has 0 spiro atoms. The highest BCUT2D eigenvalue weighted by molar-refractivity contribution is 14.0. The van der Waals surface area contributed by atoms with Crippen molar-refractivity contribution in [1.29, 1.82) is 0 Å². The second kappa shape index (κ2) is 12.1. The summed E-state index contributed by atoms with van der Waals surface area (Å²) in [4.78, 5) is 8.79. The molecule has 0 aliphatic heterocycles. The largest absolute Gasteiger partial charge is 0.379 e. The first-order valence-corrected chi connectivity index (χ1v) is 9.45. The van der Waals surface area contributed by atoms with Crippen LogP contribution in [0.4, 0.5) is 0 Å². The molecule has 6 nitrogen and oxygen atoms in total. The molecule has 0 saturated heterocycles. The molecule has 7 heteroatoms. The Bertz CT molecular complexity index is 709. The van der Waals surface area contributed by atoms with Crippen LogP contribution in [0.2, 0.25) is 0 Å². The molecule has 0 aliphatic rings. The predicted molar refractivity (Wildman–Crippen MR) is 127 cm³/mol. The highest BCUT2D eigenvalue weighted by Gasteiger charge is 2.24. The Kier molecular flexibility index (Phi) is 10.5. The van der Waals surface area contributed by atoms with Crippen molar-refractivity contribution in [3.05, 3.63) is 54.1 Å². The van der Waals surface area contributed by atoms with Crippen LogP contribution in [0.3, 0.4) is 0 Å². The van der Waals surface area contributed by atoms with Crippen molar-refractivity contribution in [3.8, 4) is 0 Å². The van der Waals surface area contributed by atoms with Gasteiger partial charge in [0.15, 0.2) is 5.96 Å². The Labute approximate surface area is 186 Å². The van der Waals surface area contributed by atoms with Gasteiger partial charge >= 0.3 is 0 Å². The molecule has 0 aliphatic carbocycles. The number of imidazole rings is 1. The third-order valence-corrected chi connectivity index (χ3v) is 4.57. The molecule has 0 amide bonds. The van der Waals surface area contributed by atoms with E-state index in [1.807, 2.05) is 18.5 Å². The molecule has 28 heavy (non-hydrogen) atoms. The lowest BCUT2D eigenvalue weighted by molar-refractivity contribution is 0.0205. The number of hydrogen-bond donors (Lipinski definition) is 2. The fourth-order valence-electron chi connectivity index (χ4n) is 2.94. The third kappa shape index (κ3) is 7.79.